The summed E-state index contributed by atoms with van der Waals surface area (Å²) in [6.07, 6.45) is 1.77. The molecular weight excluding hydrogens is 241 g/mol. The van der Waals surface area contributed by atoms with Gasteiger partial charge in [-0.3, -0.25) is 4.79 Å². The zero-order valence-corrected chi connectivity index (χ0v) is 10.2. The van der Waals surface area contributed by atoms with Crippen molar-refractivity contribution in [3.63, 3.8) is 0 Å². The fraction of sp³-hybridized carbons (Fsp3) is 0.188. The van der Waals surface area contributed by atoms with Crippen molar-refractivity contribution in [3.05, 3.63) is 53.8 Å². The molecule has 19 heavy (non-hydrogen) atoms. The van der Waals surface area contributed by atoms with E-state index in [2.05, 4.69) is 5.32 Å². The second-order valence-corrected chi connectivity index (χ2v) is 5.27. The van der Waals surface area contributed by atoms with E-state index in [0.29, 0.717) is 0 Å². The third-order valence-corrected chi connectivity index (χ3v) is 4.11. The van der Waals surface area contributed by atoms with Crippen LogP contribution >= 0.6 is 0 Å². The van der Waals surface area contributed by atoms with Gasteiger partial charge in [-0.25, -0.2) is 4.39 Å². The average Bonchev–Trinajstić information content (AvgIpc) is 3.14. The molecule has 0 radical (unpaired) electrons. The van der Waals surface area contributed by atoms with Crippen LogP contribution in [0.4, 0.5) is 10.1 Å². The molecule has 1 amide bonds. The number of fused-ring (bicyclic) bond motifs is 2. The van der Waals surface area contributed by atoms with E-state index >= 15 is 0 Å². The smallest absolute Gasteiger partial charge is 0.235 e. The Labute approximate surface area is 110 Å². The fourth-order valence-corrected chi connectivity index (χ4v) is 3.03. The number of hydrogen-bond acceptors (Lipinski definition) is 1. The van der Waals surface area contributed by atoms with Gasteiger partial charge in [0.15, 0.2) is 0 Å². The van der Waals surface area contributed by atoms with Crippen LogP contribution in [0, 0.1) is 5.82 Å². The van der Waals surface area contributed by atoms with E-state index in [1.807, 2.05) is 24.3 Å². The lowest BCUT2D eigenvalue weighted by molar-refractivity contribution is -0.117. The third-order valence-electron chi connectivity index (χ3n) is 4.11. The predicted molar refractivity (Wildman–Crippen MR) is 71.4 cm³/mol. The van der Waals surface area contributed by atoms with E-state index in [4.69, 9.17) is 0 Å². The molecule has 1 aliphatic heterocycles. The van der Waals surface area contributed by atoms with Gasteiger partial charge in [0.1, 0.15) is 5.82 Å². The van der Waals surface area contributed by atoms with Crippen LogP contribution in [0.1, 0.15) is 18.4 Å². The van der Waals surface area contributed by atoms with Crippen molar-refractivity contribution in [2.24, 2.45) is 0 Å². The van der Waals surface area contributed by atoms with Crippen molar-refractivity contribution < 1.29 is 9.18 Å². The van der Waals surface area contributed by atoms with Crippen LogP contribution in [0.5, 0.6) is 0 Å². The summed E-state index contributed by atoms with van der Waals surface area (Å²) in [5.74, 6) is -0.163. The zero-order valence-electron chi connectivity index (χ0n) is 10.2. The number of amides is 1. The largest absolute Gasteiger partial charge is 0.325 e. The van der Waals surface area contributed by atoms with E-state index in [1.165, 1.54) is 12.1 Å². The van der Waals surface area contributed by atoms with Crippen molar-refractivity contribution in [3.8, 4) is 11.1 Å². The highest BCUT2D eigenvalue weighted by Gasteiger charge is 2.57. The van der Waals surface area contributed by atoms with E-state index in [9.17, 15) is 9.18 Å². The van der Waals surface area contributed by atoms with Gasteiger partial charge in [-0.1, -0.05) is 24.3 Å². The Morgan fingerprint density at radius 1 is 1.11 bits per heavy atom. The average molecular weight is 253 g/mol. The van der Waals surface area contributed by atoms with Gasteiger partial charge in [-0.05, 0) is 47.7 Å². The third kappa shape index (κ3) is 1.38. The molecule has 3 heteroatoms. The molecule has 0 bridgehead atoms. The molecule has 1 fully saturated rings. The number of hydrogen-bond donors (Lipinski definition) is 1. The first-order valence-corrected chi connectivity index (χ1v) is 6.42. The number of nitrogens with one attached hydrogen (secondary N) is 1. The van der Waals surface area contributed by atoms with Crippen LogP contribution in [-0.4, -0.2) is 5.91 Å². The minimum absolute atomic E-state index is 0.0892. The molecule has 0 atom stereocenters. The minimum atomic E-state index is -0.349. The van der Waals surface area contributed by atoms with Gasteiger partial charge in [0.25, 0.3) is 0 Å². The Hall–Kier alpha value is -2.16. The molecular formula is C16H12FNO. The Bertz CT molecular complexity index is 704. The first-order chi connectivity index (χ1) is 9.21. The van der Waals surface area contributed by atoms with Crippen LogP contribution in [0.3, 0.4) is 0 Å². The molecule has 2 nitrogen and oxygen atoms in total. The van der Waals surface area contributed by atoms with Gasteiger partial charge in [0.05, 0.1) is 5.41 Å². The van der Waals surface area contributed by atoms with E-state index < -0.39 is 0 Å². The summed E-state index contributed by atoms with van der Waals surface area (Å²) >= 11 is 0. The topological polar surface area (TPSA) is 29.1 Å². The molecule has 2 aromatic carbocycles. The highest BCUT2D eigenvalue weighted by Crippen LogP contribution is 2.57. The van der Waals surface area contributed by atoms with E-state index in [0.717, 1.165) is 35.2 Å². The lowest BCUT2D eigenvalue weighted by atomic mass is 9.89. The van der Waals surface area contributed by atoms with Crippen LogP contribution in [0.2, 0.25) is 0 Å². The van der Waals surface area contributed by atoms with Gasteiger partial charge in [-0.2, -0.15) is 0 Å². The van der Waals surface area contributed by atoms with Crippen LogP contribution in [0.15, 0.2) is 42.5 Å². The van der Waals surface area contributed by atoms with Crippen LogP contribution < -0.4 is 5.32 Å². The van der Waals surface area contributed by atoms with Crippen molar-refractivity contribution in [2.75, 3.05) is 5.32 Å². The number of carbonyl (C=O) groups excluding carboxylic acids is 1. The molecule has 0 aromatic heterocycles. The molecule has 4 rings (SSSR count). The van der Waals surface area contributed by atoms with Gasteiger partial charge in [-0.15, -0.1) is 0 Å². The molecule has 2 aliphatic rings. The maximum absolute atomic E-state index is 13.4. The fourth-order valence-electron chi connectivity index (χ4n) is 3.03. The molecule has 0 unspecified atom stereocenters. The Kier molecular flexibility index (Phi) is 1.94. The maximum atomic E-state index is 13.4. The normalized spacial score (nSPS) is 18.3. The number of halogens is 1. The van der Waals surface area contributed by atoms with Gasteiger partial charge >= 0.3 is 0 Å². The monoisotopic (exact) mass is 253 g/mol. The number of carbonyl (C=O) groups is 1. The highest BCUT2D eigenvalue weighted by atomic mass is 19.1. The number of rotatable bonds is 1. The van der Waals surface area contributed by atoms with E-state index in [-0.39, 0.29) is 17.1 Å². The molecule has 1 N–H and O–H groups in total. The summed E-state index contributed by atoms with van der Waals surface area (Å²) in [6, 6.07) is 12.3. The summed E-state index contributed by atoms with van der Waals surface area (Å²) < 4.78 is 13.4. The van der Waals surface area contributed by atoms with Crippen LogP contribution in [0.25, 0.3) is 11.1 Å². The molecule has 0 saturated heterocycles. The van der Waals surface area contributed by atoms with Gasteiger partial charge in [0, 0.05) is 5.69 Å². The van der Waals surface area contributed by atoms with Crippen molar-refractivity contribution in [1.82, 2.24) is 0 Å². The Morgan fingerprint density at radius 3 is 2.63 bits per heavy atom. The lowest BCUT2D eigenvalue weighted by Crippen LogP contribution is -2.18. The van der Waals surface area contributed by atoms with E-state index in [1.54, 1.807) is 6.07 Å². The maximum Gasteiger partial charge on any atom is 0.235 e. The summed E-state index contributed by atoms with van der Waals surface area (Å²) in [5, 5.41) is 2.94. The molecule has 1 spiro atoms. The van der Waals surface area contributed by atoms with Gasteiger partial charge < -0.3 is 5.32 Å². The number of anilines is 1. The molecule has 94 valence electrons. The summed E-state index contributed by atoms with van der Waals surface area (Å²) in [7, 11) is 0. The molecule has 1 aliphatic carbocycles. The summed E-state index contributed by atoms with van der Waals surface area (Å²) in [5.41, 5.74) is 3.38. The first-order valence-electron chi connectivity index (χ1n) is 6.42. The SMILES string of the molecule is O=C1Nc2cccc(-c3cccc(F)c3)c2C12CC2. The number of benzene rings is 2. The first kappa shape index (κ1) is 10.7. The van der Waals surface area contributed by atoms with Crippen molar-refractivity contribution >= 4 is 11.6 Å². The second-order valence-electron chi connectivity index (χ2n) is 5.27. The van der Waals surface area contributed by atoms with Gasteiger partial charge in [0.2, 0.25) is 5.91 Å². The molecule has 1 heterocycles. The quantitative estimate of drug-likeness (QED) is 0.828. The highest BCUT2D eigenvalue weighted by molar-refractivity contribution is 6.10. The van der Waals surface area contributed by atoms with Crippen molar-refractivity contribution in [2.45, 2.75) is 18.3 Å². The minimum Gasteiger partial charge on any atom is -0.325 e. The molecule has 1 saturated carbocycles. The zero-order chi connectivity index (χ0) is 13.0. The Balaban J connectivity index is 1.97. The van der Waals surface area contributed by atoms with Crippen LogP contribution in [-0.2, 0) is 10.2 Å². The standard InChI is InChI=1S/C16H12FNO/c17-11-4-1-3-10(9-11)12-5-2-6-13-14(12)16(7-8-16)15(19)18-13/h1-6,9H,7-8H2,(H,18,19). The summed E-state index contributed by atoms with van der Waals surface area (Å²) in [4.78, 5) is 12.1. The lowest BCUT2D eigenvalue weighted by Gasteiger charge is -2.12. The second kappa shape index (κ2) is 3.44. The Morgan fingerprint density at radius 2 is 1.89 bits per heavy atom. The summed E-state index contributed by atoms with van der Waals surface area (Å²) in [6.45, 7) is 0. The molecule has 2 aromatic rings. The van der Waals surface area contributed by atoms with Crippen molar-refractivity contribution in [1.29, 1.82) is 0 Å². The predicted octanol–water partition coefficient (Wildman–Crippen LogP) is 3.48.